The molecule has 1 atom stereocenters. The van der Waals surface area contributed by atoms with Gasteiger partial charge in [0, 0.05) is 13.1 Å². The van der Waals surface area contributed by atoms with Crippen LogP contribution < -0.4 is 5.32 Å². The van der Waals surface area contributed by atoms with Crippen LogP contribution in [0.4, 0.5) is 4.39 Å². The predicted octanol–water partition coefficient (Wildman–Crippen LogP) is 2.37. The van der Waals surface area contributed by atoms with E-state index < -0.39 is 5.97 Å². The van der Waals surface area contributed by atoms with Gasteiger partial charge in [0.15, 0.2) is 0 Å². The second-order valence-electron chi connectivity index (χ2n) is 5.48. The third-order valence-corrected chi connectivity index (χ3v) is 4.16. The van der Waals surface area contributed by atoms with Gasteiger partial charge in [-0.3, -0.25) is 9.69 Å². The SMILES string of the molecule is O=C(O)CNCC1CCCN(Cc2cccc(F)c2Cl)C1. The largest absolute Gasteiger partial charge is 0.480 e. The van der Waals surface area contributed by atoms with Crippen LogP contribution in [0.15, 0.2) is 18.2 Å². The number of carboxylic acid groups (broad SMARTS) is 1. The number of halogens is 2. The molecule has 0 spiro atoms. The third-order valence-electron chi connectivity index (χ3n) is 3.74. The molecule has 1 aliphatic rings. The van der Waals surface area contributed by atoms with Gasteiger partial charge in [0.05, 0.1) is 11.6 Å². The molecule has 1 aromatic rings. The quantitative estimate of drug-likeness (QED) is 0.846. The number of nitrogens with zero attached hydrogens (tertiary/aromatic N) is 1. The minimum Gasteiger partial charge on any atom is -0.480 e. The zero-order chi connectivity index (χ0) is 15.2. The Morgan fingerprint density at radius 2 is 2.33 bits per heavy atom. The molecule has 4 nitrogen and oxygen atoms in total. The summed E-state index contributed by atoms with van der Waals surface area (Å²) in [5.41, 5.74) is 0.802. The van der Waals surface area contributed by atoms with Crippen molar-refractivity contribution in [2.75, 3.05) is 26.2 Å². The molecule has 1 heterocycles. The molecule has 0 amide bonds. The van der Waals surface area contributed by atoms with E-state index in [1.807, 2.05) is 6.07 Å². The van der Waals surface area contributed by atoms with E-state index in [4.69, 9.17) is 16.7 Å². The van der Waals surface area contributed by atoms with Gasteiger partial charge in [0.25, 0.3) is 0 Å². The number of carboxylic acids is 1. The fraction of sp³-hybridized carbons (Fsp3) is 0.533. The van der Waals surface area contributed by atoms with Gasteiger partial charge in [-0.2, -0.15) is 0 Å². The first-order valence-electron chi connectivity index (χ1n) is 7.14. The van der Waals surface area contributed by atoms with Gasteiger partial charge < -0.3 is 10.4 Å². The second kappa shape index (κ2) is 7.73. The first-order valence-corrected chi connectivity index (χ1v) is 7.52. The molecule has 0 bridgehead atoms. The Hall–Kier alpha value is -1.17. The molecule has 0 aliphatic carbocycles. The Morgan fingerprint density at radius 3 is 3.10 bits per heavy atom. The Kier molecular flexibility index (Phi) is 5.96. The zero-order valence-electron chi connectivity index (χ0n) is 11.8. The molecule has 0 saturated carbocycles. The Labute approximate surface area is 128 Å². The first kappa shape index (κ1) is 16.2. The molecule has 1 unspecified atom stereocenters. The van der Waals surface area contributed by atoms with E-state index >= 15 is 0 Å². The monoisotopic (exact) mass is 314 g/mol. The van der Waals surface area contributed by atoms with Crippen molar-refractivity contribution in [3.05, 3.63) is 34.6 Å². The van der Waals surface area contributed by atoms with Crippen LogP contribution in [-0.2, 0) is 11.3 Å². The fourth-order valence-electron chi connectivity index (χ4n) is 2.76. The van der Waals surface area contributed by atoms with E-state index in [1.54, 1.807) is 6.07 Å². The van der Waals surface area contributed by atoms with Crippen LogP contribution in [0.3, 0.4) is 0 Å². The highest BCUT2D eigenvalue weighted by Gasteiger charge is 2.21. The molecule has 2 rings (SSSR count). The van der Waals surface area contributed by atoms with E-state index in [2.05, 4.69) is 10.2 Å². The number of benzene rings is 1. The molecule has 21 heavy (non-hydrogen) atoms. The van der Waals surface area contributed by atoms with Crippen LogP contribution >= 0.6 is 11.6 Å². The molecule has 6 heteroatoms. The van der Waals surface area contributed by atoms with Crippen molar-refractivity contribution in [3.63, 3.8) is 0 Å². The van der Waals surface area contributed by atoms with Crippen LogP contribution in [0.5, 0.6) is 0 Å². The number of piperidine rings is 1. The molecular formula is C15H20ClFN2O2. The lowest BCUT2D eigenvalue weighted by Crippen LogP contribution is -2.40. The second-order valence-corrected chi connectivity index (χ2v) is 5.86. The molecular weight excluding hydrogens is 295 g/mol. The average molecular weight is 315 g/mol. The fourth-order valence-corrected chi connectivity index (χ4v) is 2.94. The van der Waals surface area contributed by atoms with Crippen LogP contribution in [0.1, 0.15) is 18.4 Å². The number of nitrogens with one attached hydrogen (secondary N) is 1. The maximum Gasteiger partial charge on any atom is 0.317 e. The van der Waals surface area contributed by atoms with Gasteiger partial charge in [-0.25, -0.2) is 4.39 Å². The number of likely N-dealkylation sites (tertiary alicyclic amines) is 1. The van der Waals surface area contributed by atoms with E-state index in [9.17, 15) is 9.18 Å². The van der Waals surface area contributed by atoms with Crippen molar-refractivity contribution in [1.29, 1.82) is 0 Å². The van der Waals surface area contributed by atoms with Crippen LogP contribution in [0, 0.1) is 11.7 Å². The Bertz CT molecular complexity index is 499. The lowest BCUT2D eigenvalue weighted by molar-refractivity contribution is -0.136. The number of carbonyl (C=O) groups is 1. The van der Waals surface area contributed by atoms with Crippen molar-refractivity contribution in [2.45, 2.75) is 19.4 Å². The molecule has 1 saturated heterocycles. The van der Waals surface area contributed by atoms with E-state index in [0.717, 1.165) is 31.5 Å². The summed E-state index contributed by atoms with van der Waals surface area (Å²) < 4.78 is 13.4. The summed E-state index contributed by atoms with van der Waals surface area (Å²) in [6, 6.07) is 4.88. The zero-order valence-corrected chi connectivity index (χ0v) is 12.6. The maximum atomic E-state index is 13.4. The topological polar surface area (TPSA) is 52.6 Å². The smallest absolute Gasteiger partial charge is 0.317 e. The van der Waals surface area contributed by atoms with Gasteiger partial charge in [-0.1, -0.05) is 23.7 Å². The minimum absolute atomic E-state index is 0.00771. The third kappa shape index (κ3) is 4.95. The van der Waals surface area contributed by atoms with Gasteiger partial charge in [0.2, 0.25) is 0 Å². The van der Waals surface area contributed by atoms with Crippen molar-refractivity contribution in [1.82, 2.24) is 10.2 Å². The summed E-state index contributed by atoms with van der Waals surface area (Å²) in [4.78, 5) is 12.7. The number of hydrogen-bond acceptors (Lipinski definition) is 3. The lowest BCUT2D eigenvalue weighted by atomic mass is 9.97. The Balaban J connectivity index is 1.86. The summed E-state index contributed by atoms with van der Waals surface area (Å²) >= 11 is 5.99. The highest BCUT2D eigenvalue weighted by molar-refractivity contribution is 6.31. The summed E-state index contributed by atoms with van der Waals surface area (Å²) in [5, 5.41) is 11.8. The number of rotatable bonds is 6. The molecule has 2 N–H and O–H groups in total. The first-order chi connectivity index (χ1) is 10.1. The normalized spacial score (nSPS) is 19.6. The van der Waals surface area contributed by atoms with Crippen LogP contribution in [0.2, 0.25) is 5.02 Å². The number of aliphatic carboxylic acids is 1. The van der Waals surface area contributed by atoms with Gasteiger partial charge in [-0.05, 0) is 43.5 Å². The summed E-state index contributed by atoms with van der Waals surface area (Å²) in [5.74, 6) is -0.800. The van der Waals surface area contributed by atoms with Crippen LogP contribution in [-0.4, -0.2) is 42.2 Å². The minimum atomic E-state index is -0.839. The van der Waals surface area contributed by atoms with Crippen molar-refractivity contribution in [2.24, 2.45) is 5.92 Å². The Morgan fingerprint density at radius 1 is 1.52 bits per heavy atom. The summed E-state index contributed by atoms with van der Waals surface area (Å²) in [6.07, 6.45) is 2.15. The van der Waals surface area contributed by atoms with Gasteiger partial charge in [-0.15, -0.1) is 0 Å². The molecule has 1 aromatic carbocycles. The van der Waals surface area contributed by atoms with Crippen molar-refractivity contribution >= 4 is 17.6 Å². The lowest BCUT2D eigenvalue weighted by Gasteiger charge is -2.33. The van der Waals surface area contributed by atoms with Crippen LogP contribution in [0.25, 0.3) is 0 Å². The van der Waals surface area contributed by atoms with E-state index in [1.165, 1.54) is 6.07 Å². The highest BCUT2D eigenvalue weighted by atomic mass is 35.5. The number of hydrogen-bond donors (Lipinski definition) is 2. The van der Waals surface area contributed by atoms with E-state index in [-0.39, 0.29) is 17.4 Å². The van der Waals surface area contributed by atoms with E-state index in [0.29, 0.717) is 19.0 Å². The molecule has 116 valence electrons. The summed E-state index contributed by atoms with van der Waals surface area (Å²) in [6.45, 7) is 3.15. The molecule has 1 fully saturated rings. The highest BCUT2D eigenvalue weighted by Crippen LogP contribution is 2.24. The maximum absolute atomic E-state index is 13.4. The predicted molar refractivity (Wildman–Crippen MR) is 79.9 cm³/mol. The molecule has 0 aromatic heterocycles. The van der Waals surface area contributed by atoms with Gasteiger partial charge in [0.1, 0.15) is 5.82 Å². The summed E-state index contributed by atoms with van der Waals surface area (Å²) in [7, 11) is 0. The van der Waals surface area contributed by atoms with Crippen molar-refractivity contribution in [3.8, 4) is 0 Å². The molecule has 1 aliphatic heterocycles. The molecule has 0 radical (unpaired) electrons. The average Bonchev–Trinajstić information content (AvgIpc) is 2.44. The standard InChI is InChI=1S/C15H20ClFN2O2/c16-15-12(4-1-5-13(15)17)10-19-6-2-3-11(9-19)7-18-8-14(20)21/h1,4-5,11,18H,2-3,6-10H2,(H,20,21). The van der Waals surface area contributed by atoms with Gasteiger partial charge >= 0.3 is 5.97 Å². The van der Waals surface area contributed by atoms with Crippen molar-refractivity contribution < 1.29 is 14.3 Å².